The van der Waals surface area contributed by atoms with Crippen LogP contribution in [0.2, 0.25) is 0 Å². The molecule has 4 aliphatic carbocycles. The van der Waals surface area contributed by atoms with Crippen LogP contribution in [0.4, 0.5) is 0 Å². The molecule has 110 valence electrons. The quantitative estimate of drug-likeness (QED) is 0.637. The third-order valence-electron chi connectivity index (χ3n) is 5.41. The highest BCUT2D eigenvalue weighted by Crippen LogP contribution is 2.56. The summed E-state index contributed by atoms with van der Waals surface area (Å²) in [6.07, 6.45) is 7.24. The Kier molecular flexibility index (Phi) is 4.78. The summed E-state index contributed by atoms with van der Waals surface area (Å²) in [5, 5.41) is 0. The first-order valence-electron chi connectivity index (χ1n) is 7.58. The minimum atomic E-state index is 0. The Balaban J connectivity index is 0.00000133. The number of nitrogens with zero attached hydrogens (tertiary/aromatic N) is 2. The molecule has 0 atom stereocenters. The molecule has 0 saturated heterocycles. The summed E-state index contributed by atoms with van der Waals surface area (Å²) in [5.41, 5.74) is 6.32. The van der Waals surface area contributed by atoms with E-state index >= 15 is 0 Å². The van der Waals surface area contributed by atoms with Gasteiger partial charge < -0.3 is 10.6 Å². The van der Waals surface area contributed by atoms with E-state index < -0.39 is 0 Å². The second-order valence-electron chi connectivity index (χ2n) is 7.07. The van der Waals surface area contributed by atoms with E-state index in [-0.39, 0.29) is 12.4 Å². The number of halogens is 1. The molecule has 4 rings (SSSR count). The minimum absolute atomic E-state index is 0. The zero-order valence-corrected chi connectivity index (χ0v) is 13.0. The smallest absolute Gasteiger partial charge is 0.0974 e. The van der Waals surface area contributed by atoms with E-state index in [1.807, 2.05) is 0 Å². The summed E-state index contributed by atoms with van der Waals surface area (Å²) in [7, 11) is 4.18. The first-order chi connectivity index (χ1) is 8.63. The van der Waals surface area contributed by atoms with Crippen molar-refractivity contribution in [1.82, 2.24) is 4.90 Å². The normalized spacial score (nSPS) is 40.6. The molecule has 2 N–H and O–H groups in total. The second-order valence-corrected chi connectivity index (χ2v) is 7.07. The molecule has 0 heterocycles. The molecular formula is C15H28ClN3. The Hall–Kier alpha value is -0.280. The predicted molar refractivity (Wildman–Crippen MR) is 82.8 cm³/mol. The maximum atomic E-state index is 6.32. The molecule has 4 aliphatic rings. The fourth-order valence-corrected chi connectivity index (χ4v) is 4.89. The molecule has 4 bridgehead atoms. The Morgan fingerprint density at radius 1 is 1.05 bits per heavy atom. The van der Waals surface area contributed by atoms with Crippen molar-refractivity contribution in [3.8, 4) is 0 Å². The van der Waals surface area contributed by atoms with Crippen LogP contribution in [-0.2, 0) is 0 Å². The third-order valence-corrected chi connectivity index (χ3v) is 5.41. The van der Waals surface area contributed by atoms with Crippen molar-refractivity contribution in [2.75, 3.05) is 27.2 Å². The largest absolute Gasteiger partial charge is 0.387 e. The van der Waals surface area contributed by atoms with Gasteiger partial charge in [0.1, 0.15) is 0 Å². The Labute approximate surface area is 123 Å². The van der Waals surface area contributed by atoms with E-state index in [1.165, 1.54) is 32.1 Å². The monoisotopic (exact) mass is 285 g/mol. The molecule has 0 radical (unpaired) electrons. The van der Waals surface area contributed by atoms with E-state index in [9.17, 15) is 0 Å². The highest BCUT2D eigenvalue weighted by atomic mass is 35.5. The summed E-state index contributed by atoms with van der Waals surface area (Å²) in [4.78, 5) is 6.84. The first-order valence-corrected chi connectivity index (χ1v) is 7.58. The molecule has 4 fully saturated rings. The van der Waals surface area contributed by atoms with Gasteiger partial charge in [0.25, 0.3) is 0 Å². The van der Waals surface area contributed by atoms with Crippen molar-refractivity contribution in [3.05, 3.63) is 0 Å². The number of rotatable bonds is 4. The first kappa shape index (κ1) is 15.1. The summed E-state index contributed by atoms with van der Waals surface area (Å²) in [6.45, 7) is 1.87. The highest BCUT2D eigenvalue weighted by molar-refractivity contribution is 5.85. The van der Waals surface area contributed by atoms with Crippen LogP contribution in [0.1, 0.15) is 32.1 Å². The van der Waals surface area contributed by atoms with E-state index in [4.69, 9.17) is 5.73 Å². The average Bonchev–Trinajstić information content (AvgIpc) is 2.26. The number of nitrogens with two attached hydrogens (primary N) is 1. The predicted octanol–water partition coefficient (Wildman–Crippen LogP) is 2.40. The van der Waals surface area contributed by atoms with Crippen LogP contribution in [-0.4, -0.2) is 37.9 Å². The van der Waals surface area contributed by atoms with E-state index in [2.05, 4.69) is 24.0 Å². The summed E-state index contributed by atoms with van der Waals surface area (Å²) >= 11 is 0. The molecule has 0 unspecified atom stereocenters. The fourth-order valence-electron chi connectivity index (χ4n) is 4.89. The van der Waals surface area contributed by atoms with Gasteiger partial charge in [0.05, 0.1) is 12.4 Å². The van der Waals surface area contributed by atoms with Crippen LogP contribution >= 0.6 is 12.4 Å². The van der Waals surface area contributed by atoms with Gasteiger partial charge in [-0.2, -0.15) is 0 Å². The lowest BCUT2D eigenvalue weighted by Crippen LogP contribution is -2.50. The maximum Gasteiger partial charge on any atom is 0.0974 e. The van der Waals surface area contributed by atoms with Gasteiger partial charge in [0, 0.05) is 12.5 Å². The lowest BCUT2D eigenvalue weighted by molar-refractivity contribution is -0.00873. The SMILES string of the molecule is CN(C)CCN=C(N)C1C2CC3CC(C2)CC1C3.Cl. The Morgan fingerprint density at radius 2 is 1.58 bits per heavy atom. The van der Waals surface area contributed by atoms with Crippen LogP contribution in [0, 0.1) is 29.6 Å². The van der Waals surface area contributed by atoms with Gasteiger partial charge in [-0.05, 0) is 69.9 Å². The van der Waals surface area contributed by atoms with Gasteiger partial charge in [-0.15, -0.1) is 12.4 Å². The van der Waals surface area contributed by atoms with Gasteiger partial charge in [-0.25, -0.2) is 0 Å². The summed E-state index contributed by atoms with van der Waals surface area (Å²) in [6, 6.07) is 0. The molecule has 0 aromatic carbocycles. The molecule has 19 heavy (non-hydrogen) atoms. The average molecular weight is 286 g/mol. The molecule has 0 amide bonds. The lowest BCUT2D eigenvalue weighted by atomic mass is 9.51. The van der Waals surface area contributed by atoms with Gasteiger partial charge in [0.15, 0.2) is 0 Å². The molecular weight excluding hydrogens is 258 g/mol. The summed E-state index contributed by atoms with van der Waals surface area (Å²) < 4.78 is 0. The molecule has 0 aromatic heterocycles. The molecule has 4 heteroatoms. The summed E-state index contributed by atoms with van der Waals surface area (Å²) in [5.74, 6) is 5.39. The van der Waals surface area contributed by atoms with Crippen molar-refractivity contribution in [2.45, 2.75) is 32.1 Å². The van der Waals surface area contributed by atoms with Crippen LogP contribution in [0.5, 0.6) is 0 Å². The third kappa shape index (κ3) is 3.08. The Bertz CT molecular complexity index is 312. The van der Waals surface area contributed by atoms with Gasteiger partial charge >= 0.3 is 0 Å². The van der Waals surface area contributed by atoms with Gasteiger partial charge in [-0.3, -0.25) is 4.99 Å². The van der Waals surface area contributed by atoms with Crippen LogP contribution in [0.15, 0.2) is 4.99 Å². The fraction of sp³-hybridized carbons (Fsp3) is 0.933. The van der Waals surface area contributed by atoms with Crippen LogP contribution < -0.4 is 5.73 Å². The van der Waals surface area contributed by atoms with Crippen molar-refractivity contribution in [2.24, 2.45) is 40.3 Å². The Morgan fingerprint density at radius 3 is 2.05 bits per heavy atom. The van der Waals surface area contributed by atoms with Crippen LogP contribution in [0.25, 0.3) is 0 Å². The van der Waals surface area contributed by atoms with Gasteiger partial charge in [-0.1, -0.05) is 0 Å². The van der Waals surface area contributed by atoms with Crippen molar-refractivity contribution >= 4 is 18.2 Å². The lowest BCUT2D eigenvalue weighted by Gasteiger charge is -2.54. The van der Waals surface area contributed by atoms with E-state index in [0.29, 0.717) is 5.92 Å². The number of hydrogen-bond donors (Lipinski definition) is 1. The second kappa shape index (κ2) is 6.01. The standard InChI is InChI=1S/C15H27N3.ClH/c1-18(2)4-3-17-15(16)14-12-6-10-5-11(8-12)9-13(14)7-10;/h10-14H,3-9H2,1-2H3,(H2,16,17);1H. The number of amidine groups is 1. The molecule has 0 spiro atoms. The zero-order chi connectivity index (χ0) is 12.7. The van der Waals surface area contributed by atoms with Crippen molar-refractivity contribution in [3.63, 3.8) is 0 Å². The molecule has 0 aliphatic heterocycles. The van der Waals surface area contributed by atoms with Crippen molar-refractivity contribution < 1.29 is 0 Å². The molecule has 3 nitrogen and oxygen atoms in total. The van der Waals surface area contributed by atoms with Crippen molar-refractivity contribution in [1.29, 1.82) is 0 Å². The topological polar surface area (TPSA) is 41.6 Å². The zero-order valence-electron chi connectivity index (χ0n) is 12.2. The van der Waals surface area contributed by atoms with E-state index in [0.717, 1.165) is 42.6 Å². The number of hydrogen-bond acceptors (Lipinski definition) is 2. The maximum absolute atomic E-state index is 6.32. The number of likely N-dealkylation sites (N-methyl/N-ethyl adjacent to an activating group) is 1. The van der Waals surface area contributed by atoms with E-state index in [1.54, 1.807) is 0 Å². The minimum Gasteiger partial charge on any atom is -0.387 e. The molecule has 4 saturated carbocycles. The van der Waals surface area contributed by atoms with Gasteiger partial charge in [0.2, 0.25) is 0 Å². The number of aliphatic imine (C=N–C) groups is 1. The van der Waals surface area contributed by atoms with Crippen LogP contribution in [0.3, 0.4) is 0 Å². The molecule has 0 aromatic rings. The highest BCUT2D eigenvalue weighted by Gasteiger charge is 2.49.